The first-order valence-electron chi connectivity index (χ1n) is 11.2. The van der Waals surface area contributed by atoms with E-state index in [4.69, 9.17) is 21.1 Å². The Bertz CT molecular complexity index is 1230. The van der Waals surface area contributed by atoms with E-state index in [-0.39, 0.29) is 6.42 Å². The van der Waals surface area contributed by atoms with Crippen LogP contribution in [0.15, 0.2) is 65.8 Å². The van der Waals surface area contributed by atoms with Crippen molar-refractivity contribution in [2.24, 2.45) is 5.10 Å². The molecule has 0 aliphatic carbocycles. The average Bonchev–Trinajstić information content (AvgIpc) is 2.81. The van der Waals surface area contributed by atoms with E-state index in [1.54, 1.807) is 36.4 Å². The molecule has 3 aromatic carbocycles. The summed E-state index contributed by atoms with van der Waals surface area (Å²) in [6.07, 6.45) is 1.10. The maximum Gasteiger partial charge on any atom is 0.249 e. The molecule has 0 saturated carbocycles. The fraction of sp³-hybridized carbons (Fsp3) is 0.222. The zero-order valence-corrected chi connectivity index (χ0v) is 20.7. The van der Waals surface area contributed by atoms with E-state index in [1.165, 1.54) is 11.8 Å². The second-order valence-electron chi connectivity index (χ2n) is 7.90. The van der Waals surface area contributed by atoms with Gasteiger partial charge in [-0.2, -0.15) is 5.10 Å². The van der Waals surface area contributed by atoms with Crippen molar-refractivity contribution >= 4 is 35.3 Å². The molecule has 0 saturated heterocycles. The molecule has 2 N–H and O–H groups in total. The van der Waals surface area contributed by atoms with Crippen LogP contribution in [-0.4, -0.2) is 24.6 Å². The van der Waals surface area contributed by atoms with Gasteiger partial charge in [-0.25, -0.2) is 5.43 Å². The average molecular weight is 494 g/mol. The molecule has 0 radical (unpaired) electrons. The van der Waals surface area contributed by atoms with E-state index >= 15 is 0 Å². The van der Waals surface area contributed by atoms with Crippen molar-refractivity contribution in [3.63, 3.8) is 0 Å². The smallest absolute Gasteiger partial charge is 0.249 e. The number of ether oxygens (including phenoxy) is 2. The number of nitrogens with one attached hydrogen (secondary N) is 2. The SMILES string of the molecule is CCOc1cc(C=NNC(=O)CC(=O)Nc2ccc(C)c(Cl)c2)ccc1OCc1cccc(C)c1. The van der Waals surface area contributed by atoms with Crippen molar-refractivity contribution in [1.82, 2.24) is 5.43 Å². The monoisotopic (exact) mass is 493 g/mol. The third-order valence-corrected chi connectivity index (χ3v) is 5.33. The Kier molecular flexibility index (Phi) is 9.26. The number of anilines is 1. The van der Waals surface area contributed by atoms with Gasteiger partial charge in [-0.05, 0) is 67.8 Å². The molecule has 3 rings (SSSR count). The lowest BCUT2D eigenvalue weighted by atomic mass is 10.1. The first-order chi connectivity index (χ1) is 16.8. The highest BCUT2D eigenvalue weighted by Crippen LogP contribution is 2.29. The molecule has 0 heterocycles. The van der Waals surface area contributed by atoms with Crippen LogP contribution in [0.3, 0.4) is 0 Å². The summed E-state index contributed by atoms with van der Waals surface area (Å²) in [5.41, 5.74) is 6.72. The zero-order valence-electron chi connectivity index (χ0n) is 19.9. The lowest BCUT2D eigenvalue weighted by Gasteiger charge is -2.13. The molecule has 0 spiro atoms. The molecular formula is C27H28ClN3O4. The first-order valence-corrected chi connectivity index (χ1v) is 11.5. The summed E-state index contributed by atoms with van der Waals surface area (Å²) in [6.45, 7) is 6.68. The van der Waals surface area contributed by atoms with Crippen LogP contribution < -0.4 is 20.2 Å². The molecule has 7 nitrogen and oxygen atoms in total. The number of halogens is 1. The predicted octanol–water partition coefficient (Wildman–Crippen LogP) is 5.41. The normalized spacial score (nSPS) is 10.7. The summed E-state index contributed by atoms with van der Waals surface area (Å²) in [7, 11) is 0. The van der Waals surface area contributed by atoms with Gasteiger partial charge in [-0.15, -0.1) is 0 Å². The van der Waals surface area contributed by atoms with Gasteiger partial charge in [0.1, 0.15) is 13.0 Å². The number of hydrogen-bond donors (Lipinski definition) is 2. The highest BCUT2D eigenvalue weighted by Gasteiger charge is 2.10. The quantitative estimate of drug-likeness (QED) is 0.224. The zero-order chi connectivity index (χ0) is 25.2. The lowest BCUT2D eigenvalue weighted by Crippen LogP contribution is -2.24. The highest BCUT2D eigenvalue weighted by atomic mass is 35.5. The second-order valence-corrected chi connectivity index (χ2v) is 8.31. The predicted molar refractivity (Wildman–Crippen MR) is 138 cm³/mol. The molecule has 3 aromatic rings. The van der Waals surface area contributed by atoms with Gasteiger partial charge >= 0.3 is 0 Å². The van der Waals surface area contributed by atoms with Crippen LogP contribution in [0.5, 0.6) is 11.5 Å². The molecule has 0 aliphatic heterocycles. The van der Waals surface area contributed by atoms with E-state index in [1.807, 2.05) is 39.0 Å². The van der Waals surface area contributed by atoms with E-state index in [0.717, 1.165) is 11.1 Å². The van der Waals surface area contributed by atoms with Gasteiger partial charge in [0.2, 0.25) is 11.8 Å². The van der Waals surface area contributed by atoms with Crippen molar-refractivity contribution in [2.75, 3.05) is 11.9 Å². The molecule has 0 atom stereocenters. The maximum atomic E-state index is 12.1. The molecular weight excluding hydrogens is 466 g/mol. The summed E-state index contributed by atoms with van der Waals surface area (Å²) >= 11 is 6.06. The summed E-state index contributed by atoms with van der Waals surface area (Å²) in [4.78, 5) is 24.2. The summed E-state index contributed by atoms with van der Waals surface area (Å²) < 4.78 is 11.6. The molecule has 0 aliphatic rings. The molecule has 0 fully saturated rings. The Morgan fingerprint density at radius 1 is 0.971 bits per heavy atom. The number of hydrogen-bond acceptors (Lipinski definition) is 5. The Morgan fingerprint density at radius 2 is 1.80 bits per heavy atom. The van der Waals surface area contributed by atoms with Crippen molar-refractivity contribution in [1.29, 1.82) is 0 Å². The van der Waals surface area contributed by atoms with E-state index in [9.17, 15) is 9.59 Å². The van der Waals surface area contributed by atoms with Crippen LogP contribution in [0.2, 0.25) is 5.02 Å². The Labute approximate surface area is 210 Å². The van der Waals surface area contributed by atoms with Crippen LogP contribution in [-0.2, 0) is 16.2 Å². The number of rotatable bonds is 10. The van der Waals surface area contributed by atoms with Crippen LogP contribution in [0, 0.1) is 13.8 Å². The molecule has 0 aromatic heterocycles. The van der Waals surface area contributed by atoms with Gasteiger partial charge < -0.3 is 14.8 Å². The van der Waals surface area contributed by atoms with Gasteiger partial charge in [-0.1, -0.05) is 47.5 Å². The van der Waals surface area contributed by atoms with Gasteiger partial charge in [0.25, 0.3) is 0 Å². The number of carbonyl (C=O) groups is 2. The first kappa shape index (κ1) is 25.8. The van der Waals surface area contributed by atoms with Gasteiger partial charge in [0.15, 0.2) is 11.5 Å². The fourth-order valence-electron chi connectivity index (χ4n) is 3.20. The highest BCUT2D eigenvalue weighted by molar-refractivity contribution is 6.31. The molecule has 35 heavy (non-hydrogen) atoms. The van der Waals surface area contributed by atoms with Crippen LogP contribution in [0.25, 0.3) is 0 Å². The van der Waals surface area contributed by atoms with Gasteiger partial charge in [0, 0.05) is 10.7 Å². The van der Waals surface area contributed by atoms with Gasteiger partial charge in [0.05, 0.1) is 12.8 Å². The topological polar surface area (TPSA) is 89.0 Å². The number of nitrogens with zero attached hydrogens (tertiary/aromatic N) is 1. The van der Waals surface area contributed by atoms with E-state index in [0.29, 0.717) is 41.0 Å². The summed E-state index contributed by atoms with van der Waals surface area (Å²) in [6, 6.07) is 18.6. The number of aryl methyl sites for hydroxylation is 2. The summed E-state index contributed by atoms with van der Waals surface area (Å²) in [5, 5.41) is 7.11. The number of amides is 2. The molecule has 8 heteroatoms. The minimum Gasteiger partial charge on any atom is -0.490 e. The minimum atomic E-state index is -0.542. The number of carbonyl (C=O) groups excluding carboxylic acids is 2. The summed E-state index contributed by atoms with van der Waals surface area (Å²) in [5.74, 6) is 0.181. The van der Waals surface area contributed by atoms with Crippen LogP contribution in [0.4, 0.5) is 5.69 Å². The van der Waals surface area contributed by atoms with Gasteiger partial charge in [-0.3, -0.25) is 9.59 Å². The number of benzene rings is 3. The lowest BCUT2D eigenvalue weighted by molar-refractivity contribution is -0.126. The van der Waals surface area contributed by atoms with E-state index < -0.39 is 11.8 Å². The van der Waals surface area contributed by atoms with Crippen molar-refractivity contribution in [2.45, 2.75) is 33.8 Å². The Hall–Kier alpha value is -3.84. The van der Waals surface area contributed by atoms with Crippen LogP contribution >= 0.6 is 11.6 Å². The largest absolute Gasteiger partial charge is 0.490 e. The number of hydrazone groups is 1. The third kappa shape index (κ3) is 8.15. The molecule has 0 bridgehead atoms. The Morgan fingerprint density at radius 3 is 2.54 bits per heavy atom. The molecule has 182 valence electrons. The van der Waals surface area contributed by atoms with Crippen molar-refractivity contribution in [3.8, 4) is 11.5 Å². The fourth-order valence-corrected chi connectivity index (χ4v) is 3.38. The molecule has 0 unspecified atom stereocenters. The standard InChI is InChI=1S/C27H28ClN3O4/c1-4-34-25-13-20(9-11-24(25)35-17-21-7-5-6-18(2)12-21)16-29-31-27(33)15-26(32)30-22-10-8-19(3)23(28)14-22/h5-14,16H,4,15,17H2,1-3H3,(H,30,32)(H,31,33). The second kappa shape index (κ2) is 12.6. The minimum absolute atomic E-state index is 0.376. The Balaban J connectivity index is 1.54. The van der Waals surface area contributed by atoms with Crippen LogP contribution in [0.1, 0.15) is 35.6 Å². The third-order valence-electron chi connectivity index (χ3n) is 4.92. The van der Waals surface area contributed by atoms with Crippen molar-refractivity contribution < 1.29 is 19.1 Å². The maximum absolute atomic E-state index is 12.1. The molecule has 2 amide bonds. The van der Waals surface area contributed by atoms with Crippen molar-refractivity contribution in [3.05, 3.63) is 87.9 Å². The van der Waals surface area contributed by atoms with E-state index in [2.05, 4.69) is 21.9 Å².